The average molecular weight is 646 g/mol. The lowest BCUT2D eigenvalue weighted by Gasteiger charge is -2.35. The molecule has 11 nitrogen and oxygen atoms in total. The van der Waals surface area contributed by atoms with Crippen LogP contribution >= 0.6 is 0 Å². The minimum Gasteiger partial charge on any atom is -0.468 e. The normalized spacial score (nSPS) is 19.8. The van der Waals surface area contributed by atoms with Crippen LogP contribution in [0, 0.1) is 17.8 Å². The number of aromatic nitrogens is 5. The van der Waals surface area contributed by atoms with Gasteiger partial charge in [-0.3, -0.25) is 9.59 Å². The second-order valence-corrected chi connectivity index (χ2v) is 12.1. The number of hydrogen-bond donors (Lipinski definition) is 2. The van der Waals surface area contributed by atoms with Crippen molar-refractivity contribution < 1.29 is 45.3 Å². The number of carbonyl (C=O) groups is 2. The molecular formula is C28H33F6N7O4. The molecule has 0 saturated heterocycles. The maximum Gasteiger partial charge on any atom is 0.289 e. The van der Waals surface area contributed by atoms with Crippen molar-refractivity contribution in [3.63, 3.8) is 0 Å². The summed E-state index contributed by atoms with van der Waals surface area (Å²) in [6.07, 6.45) is -1.10. The number of fused-ring (bicyclic) bond motifs is 1. The molecule has 5 rings (SSSR count). The number of imidazole rings is 1. The molecule has 0 aliphatic heterocycles. The summed E-state index contributed by atoms with van der Waals surface area (Å²) in [7, 11) is 0. The van der Waals surface area contributed by atoms with E-state index in [4.69, 9.17) is 4.74 Å². The van der Waals surface area contributed by atoms with Gasteiger partial charge in [0, 0.05) is 32.1 Å². The van der Waals surface area contributed by atoms with Crippen LogP contribution in [0.4, 0.5) is 26.3 Å². The first kappa shape index (κ1) is 32.5. The third kappa shape index (κ3) is 7.84. The lowest BCUT2D eigenvalue weighted by atomic mass is 9.79. The van der Waals surface area contributed by atoms with Gasteiger partial charge < -0.3 is 15.4 Å². The predicted octanol–water partition coefficient (Wildman–Crippen LogP) is 5.30. The Kier molecular flexibility index (Phi) is 9.26. The Bertz CT molecular complexity index is 1500. The fraction of sp³-hybridized carbons (Fsp3) is 0.643. The summed E-state index contributed by atoms with van der Waals surface area (Å²) >= 11 is 0. The quantitative estimate of drug-likeness (QED) is 0.253. The number of halogens is 6. The minimum absolute atomic E-state index is 0.0141. The highest BCUT2D eigenvalue weighted by Crippen LogP contribution is 2.44. The molecule has 0 aromatic carbocycles. The fourth-order valence-corrected chi connectivity index (χ4v) is 5.88. The molecule has 2 aliphatic carbocycles. The standard InChI is InChI=1S/C28H33F6N7O4/c1-14(2)22(37-21(42)7-15-9-28(33,34)10-15)17-8-20-36-18(12-41(20)35-11-17)23(16-3-5-27(31,32)6-4-16)38-25(43)24-26(40-45-39-24)44-13-19(29)30/h8,11-12,14-16,19,22-23H,3-7,9-10,13H2,1-2H3,(H,37,42)(H,38,43)/t22-,23-/m0/s1. The summed E-state index contributed by atoms with van der Waals surface area (Å²) in [6, 6.07) is 0.280. The molecule has 0 spiro atoms. The van der Waals surface area contributed by atoms with Gasteiger partial charge in [0.25, 0.3) is 18.2 Å². The van der Waals surface area contributed by atoms with Gasteiger partial charge in [-0.25, -0.2) is 40.5 Å². The molecule has 2 saturated carbocycles. The molecule has 2 N–H and O–H groups in total. The number of ether oxygens (including phenoxy) is 1. The Hall–Kier alpha value is -3.92. The van der Waals surface area contributed by atoms with Crippen LogP contribution in [-0.4, -0.2) is 61.6 Å². The van der Waals surface area contributed by atoms with E-state index < -0.39 is 73.2 Å². The van der Waals surface area contributed by atoms with Crippen molar-refractivity contribution in [3.8, 4) is 5.88 Å². The number of carbonyl (C=O) groups excluding carboxylic acids is 2. The van der Waals surface area contributed by atoms with Crippen molar-refractivity contribution in [3.05, 3.63) is 35.4 Å². The van der Waals surface area contributed by atoms with Crippen molar-refractivity contribution in [1.82, 2.24) is 35.5 Å². The van der Waals surface area contributed by atoms with E-state index in [1.165, 1.54) is 16.9 Å². The molecular weight excluding hydrogens is 612 g/mol. The van der Waals surface area contributed by atoms with Gasteiger partial charge in [-0.1, -0.05) is 13.8 Å². The zero-order chi connectivity index (χ0) is 32.5. The molecule has 45 heavy (non-hydrogen) atoms. The number of hydrogen-bond acceptors (Lipinski definition) is 8. The summed E-state index contributed by atoms with van der Waals surface area (Å²) in [6.45, 7) is 2.71. The highest BCUT2D eigenvalue weighted by Gasteiger charge is 2.46. The van der Waals surface area contributed by atoms with Crippen LogP contribution in [0.1, 0.15) is 92.6 Å². The van der Waals surface area contributed by atoms with Crippen LogP contribution in [0.5, 0.6) is 5.88 Å². The van der Waals surface area contributed by atoms with Gasteiger partial charge in [-0.2, -0.15) is 5.10 Å². The zero-order valence-corrected chi connectivity index (χ0v) is 24.5. The molecule has 2 atom stereocenters. The lowest BCUT2D eigenvalue weighted by Crippen LogP contribution is -2.40. The van der Waals surface area contributed by atoms with Gasteiger partial charge in [-0.05, 0) is 52.5 Å². The molecule has 3 aromatic heterocycles. The third-order valence-electron chi connectivity index (χ3n) is 8.21. The lowest BCUT2D eigenvalue weighted by molar-refractivity contribution is -0.134. The second kappa shape index (κ2) is 12.8. The van der Waals surface area contributed by atoms with E-state index in [0.717, 1.165) is 0 Å². The van der Waals surface area contributed by atoms with Crippen molar-refractivity contribution in [2.24, 2.45) is 17.8 Å². The van der Waals surface area contributed by atoms with E-state index in [2.05, 4.69) is 35.7 Å². The number of amides is 2. The SMILES string of the molecule is CC(C)[C@H](NC(=O)CC1CC(F)(F)C1)c1cnn2cc([C@@H](NC(=O)c3nonc3OCC(F)F)C3CCC(F)(F)CC3)nc2c1. The molecule has 0 radical (unpaired) electrons. The Labute approximate surface area is 253 Å². The topological polar surface area (TPSA) is 137 Å². The Balaban J connectivity index is 1.37. The molecule has 17 heteroatoms. The first-order valence-electron chi connectivity index (χ1n) is 14.6. The summed E-state index contributed by atoms with van der Waals surface area (Å²) in [5, 5.41) is 16.8. The zero-order valence-electron chi connectivity index (χ0n) is 24.5. The summed E-state index contributed by atoms with van der Waals surface area (Å²) < 4.78 is 90.5. The minimum atomic E-state index is -2.84. The maximum absolute atomic E-state index is 14.0. The Morgan fingerprint density at radius 3 is 2.44 bits per heavy atom. The van der Waals surface area contributed by atoms with Crippen LogP contribution in [0.3, 0.4) is 0 Å². The van der Waals surface area contributed by atoms with E-state index >= 15 is 0 Å². The summed E-state index contributed by atoms with van der Waals surface area (Å²) in [5.41, 5.74) is 0.748. The summed E-state index contributed by atoms with van der Waals surface area (Å²) in [5.74, 6) is -8.29. The highest BCUT2D eigenvalue weighted by molar-refractivity contribution is 5.94. The summed E-state index contributed by atoms with van der Waals surface area (Å²) in [4.78, 5) is 30.5. The largest absolute Gasteiger partial charge is 0.468 e. The van der Waals surface area contributed by atoms with Gasteiger partial charge in [0.2, 0.25) is 23.4 Å². The van der Waals surface area contributed by atoms with Gasteiger partial charge in [0.1, 0.15) is 0 Å². The monoisotopic (exact) mass is 645 g/mol. The van der Waals surface area contributed by atoms with Gasteiger partial charge in [0.05, 0.1) is 30.2 Å². The number of rotatable bonds is 12. The van der Waals surface area contributed by atoms with Gasteiger partial charge in [-0.15, -0.1) is 0 Å². The molecule has 0 bridgehead atoms. The second-order valence-electron chi connectivity index (χ2n) is 12.1. The van der Waals surface area contributed by atoms with Gasteiger partial charge in [0.15, 0.2) is 12.3 Å². The van der Waals surface area contributed by atoms with Crippen LogP contribution < -0.4 is 15.4 Å². The number of nitrogens with one attached hydrogen (secondary N) is 2. The molecule has 246 valence electrons. The van der Waals surface area contributed by atoms with E-state index in [1.807, 2.05) is 13.8 Å². The first-order chi connectivity index (χ1) is 21.2. The molecule has 2 fully saturated rings. The van der Waals surface area contributed by atoms with E-state index in [1.54, 1.807) is 6.07 Å². The van der Waals surface area contributed by atoms with Crippen LogP contribution in [0.15, 0.2) is 23.1 Å². The smallest absolute Gasteiger partial charge is 0.289 e. The van der Waals surface area contributed by atoms with Crippen LogP contribution in [-0.2, 0) is 4.79 Å². The van der Waals surface area contributed by atoms with Crippen molar-refractivity contribution in [2.75, 3.05) is 6.61 Å². The molecule has 2 amide bonds. The van der Waals surface area contributed by atoms with Crippen LogP contribution in [0.2, 0.25) is 0 Å². The average Bonchev–Trinajstić information content (AvgIpc) is 3.59. The molecule has 0 unspecified atom stereocenters. The molecule has 3 heterocycles. The number of nitrogens with zero attached hydrogens (tertiary/aromatic N) is 5. The number of alkyl halides is 6. The molecule has 3 aromatic rings. The Morgan fingerprint density at radius 1 is 1.09 bits per heavy atom. The van der Waals surface area contributed by atoms with E-state index in [9.17, 15) is 35.9 Å². The van der Waals surface area contributed by atoms with E-state index in [-0.39, 0.29) is 49.8 Å². The Morgan fingerprint density at radius 2 is 1.80 bits per heavy atom. The van der Waals surface area contributed by atoms with Crippen molar-refractivity contribution >= 4 is 17.5 Å². The third-order valence-corrected chi connectivity index (χ3v) is 8.21. The van der Waals surface area contributed by atoms with E-state index in [0.29, 0.717) is 16.9 Å². The predicted molar refractivity (Wildman–Crippen MR) is 144 cm³/mol. The van der Waals surface area contributed by atoms with Crippen molar-refractivity contribution in [2.45, 2.75) is 89.1 Å². The van der Waals surface area contributed by atoms with Gasteiger partial charge >= 0.3 is 0 Å². The van der Waals surface area contributed by atoms with Crippen LogP contribution in [0.25, 0.3) is 5.65 Å². The molecule has 2 aliphatic rings. The van der Waals surface area contributed by atoms with Crippen molar-refractivity contribution in [1.29, 1.82) is 0 Å². The highest BCUT2D eigenvalue weighted by atomic mass is 19.3. The fourth-order valence-electron chi connectivity index (χ4n) is 5.88. The first-order valence-corrected chi connectivity index (χ1v) is 14.6. The maximum atomic E-state index is 14.0.